The lowest BCUT2D eigenvalue weighted by molar-refractivity contribution is -0.121. The Kier molecular flexibility index (Phi) is 7.48. The fraction of sp³-hybridized carbons (Fsp3) is 0.583. The maximum atomic E-state index is 11.4. The molecule has 1 rings (SSSR count). The average Bonchev–Trinajstić information content (AvgIpc) is 2.71. The predicted octanol–water partition coefficient (Wildman–Crippen LogP) is 2.72. The molecule has 0 spiro atoms. The second-order valence-corrected chi connectivity index (χ2v) is 6.39. The predicted molar refractivity (Wildman–Crippen MR) is 74.3 cm³/mol. The van der Waals surface area contributed by atoms with Gasteiger partial charge >= 0.3 is 0 Å². The van der Waals surface area contributed by atoms with Crippen molar-refractivity contribution < 1.29 is 9.90 Å². The van der Waals surface area contributed by atoms with Crippen LogP contribution in [0.15, 0.2) is 15.9 Å². The number of carbonyl (C=O) groups is 1. The summed E-state index contributed by atoms with van der Waals surface area (Å²) in [6, 6.07) is 4.13. The van der Waals surface area contributed by atoms with E-state index in [-0.39, 0.29) is 12.5 Å². The van der Waals surface area contributed by atoms with Gasteiger partial charge in [-0.05, 0) is 53.7 Å². The molecule has 0 aromatic carbocycles. The van der Waals surface area contributed by atoms with Gasteiger partial charge < -0.3 is 10.4 Å². The molecule has 1 aromatic heterocycles. The number of hydrogen-bond donors (Lipinski definition) is 2. The topological polar surface area (TPSA) is 49.3 Å². The van der Waals surface area contributed by atoms with Gasteiger partial charge in [0.05, 0.1) is 3.79 Å². The molecule has 2 N–H and O–H groups in total. The maximum absolute atomic E-state index is 11.4. The van der Waals surface area contributed by atoms with E-state index < -0.39 is 0 Å². The number of unbranched alkanes of at least 4 members (excludes halogenated alkanes) is 1. The summed E-state index contributed by atoms with van der Waals surface area (Å²) in [6.45, 7) is 0.868. The number of aliphatic hydroxyl groups is 1. The molecule has 0 fully saturated rings. The minimum atomic E-state index is 0.110. The van der Waals surface area contributed by atoms with Gasteiger partial charge in [-0.3, -0.25) is 4.79 Å². The van der Waals surface area contributed by atoms with Crippen LogP contribution < -0.4 is 5.32 Å². The molecule has 96 valence electrons. The molecule has 1 heterocycles. The quantitative estimate of drug-likeness (QED) is 0.724. The lowest BCUT2D eigenvalue weighted by Gasteiger charge is -2.03. The molecule has 17 heavy (non-hydrogen) atoms. The monoisotopic (exact) mass is 319 g/mol. The first-order valence-corrected chi connectivity index (χ1v) is 7.45. The van der Waals surface area contributed by atoms with E-state index in [1.54, 1.807) is 11.3 Å². The Bertz CT molecular complexity index is 341. The number of aliphatic hydroxyl groups excluding tert-OH is 1. The first-order chi connectivity index (χ1) is 8.22. The summed E-state index contributed by atoms with van der Waals surface area (Å²) in [7, 11) is 0. The summed E-state index contributed by atoms with van der Waals surface area (Å²) in [5.41, 5.74) is 0. The van der Waals surface area contributed by atoms with Crippen LogP contribution in [0.1, 0.15) is 30.6 Å². The van der Waals surface area contributed by atoms with Gasteiger partial charge in [0.1, 0.15) is 0 Å². The van der Waals surface area contributed by atoms with E-state index in [2.05, 4.69) is 27.3 Å². The normalized spacial score (nSPS) is 10.5. The van der Waals surface area contributed by atoms with Crippen LogP contribution in [-0.4, -0.2) is 24.2 Å². The molecule has 3 nitrogen and oxygen atoms in total. The summed E-state index contributed by atoms with van der Waals surface area (Å²) in [6.07, 6.45) is 4.03. The van der Waals surface area contributed by atoms with Crippen LogP contribution in [0.3, 0.4) is 0 Å². The third-order valence-corrected chi connectivity index (χ3v) is 4.05. The lowest BCUT2D eigenvalue weighted by Crippen LogP contribution is -2.24. The molecule has 1 amide bonds. The highest BCUT2D eigenvalue weighted by atomic mass is 79.9. The number of rotatable bonds is 8. The van der Waals surface area contributed by atoms with Crippen molar-refractivity contribution >= 4 is 33.2 Å². The SMILES string of the molecule is O=C(CCCc1ccc(Br)s1)NCCCCO. The zero-order valence-electron chi connectivity index (χ0n) is 9.75. The molecule has 0 saturated carbocycles. The lowest BCUT2D eigenvalue weighted by atomic mass is 10.2. The van der Waals surface area contributed by atoms with Gasteiger partial charge in [-0.2, -0.15) is 0 Å². The number of thiophene rings is 1. The van der Waals surface area contributed by atoms with Crippen LogP contribution in [0.25, 0.3) is 0 Å². The molecule has 0 atom stereocenters. The number of amides is 1. The molecule has 1 aromatic rings. The first-order valence-electron chi connectivity index (χ1n) is 5.84. The Morgan fingerprint density at radius 1 is 1.35 bits per heavy atom. The van der Waals surface area contributed by atoms with Crippen molar-refractivity contribution in [3.63, 3.8) is 0 Å². The molecular weight excluding hydrogens is 302 g/mol. The summed E-state index contributed by atoms with van der Waals surface area (Å²) < 4.78 is 1.14. The average molecular weight is 320 g/mol. The number of carbonyl (C=O) groups excluding carboxylic acids is 1. The van der Waals surface area contributed by atoms with Gasteiger partial charge in [-0.15, -0.1) is 11.3 Å². The van der Waals surface area contributed by atoms with Crippen molar-refractivity contribution in [2.45, 2.75) is 32.1 Å². The van der Waals surface area contributed by atoms with Crippen molar-refractivity contribution in [3.8, 4) is 0 Å². The van der Waals surface area contributed by atoms with E-state index >= 15 is 0 Å². The maximum Gasteiger partial charge on any atom is 0.220 e. The number of nitrogens with one attached hydrogen (secondary N) is 1. The Morgan fingerprint density at radius 2 is 2.18 bits per heavy atom. The van der Waals surface area contributed by atoms with Gasteiger partial charge in [0.25, 0.3) is 0 Å². The molecule has 0 saturated heterocycles. The molecule has 0 bridgehead atoms. The van der Waals surface area contributed by atoms with E-state index in [1.165, 1.54) is 4.88 Å². The molecule has 0 radical (unpaired) electrons. The zero-order valence-corrected chi connectivity index (χ0v) is 12.1. The molecule has 0 unspecified atom stereocenters. The van der Waals surface area contributed by atoms with Gasteiger partial charge in [0.15, 0.2) is 0 Å². The summed E-state index contributed by atoms with van der Waals surface area (Å²) in [5, 5.41) is 11.4. The Balaban J connectivity index is 2.04. The van der Waals surface area contributed by atoms with Crippen molar-refractivity contribution in [2.24, 2.45) is 0 Å². The van der Waals surface area contributed by atoms with Crippen LogP contribution in [0.4, 0.5) is 0 Å². The Hall–Kier alpha value is -0.390. The van der Waals surface area contributed by atoms with Crippen molar-refractivity contribution in [2.75, 3.05) is 13.2 Å². The molecule has 0 aliphatic carbocycles. The number of halogens is 1. The van der Waals surface area contributed by atoms with Crippen LogP contribution in [-0.2, 0) is 11.2 Å². The highest BCUT2D eigenvalue weighted by molar-refractivity contribution is 9.11. The van der Waals surface area contributed by atoms with Gasteiger partial charge in [0.2, 0.25) is 5.91 Å². The second kappa shape index (κ2) is 8.66. The standard InChI is InChI=1S/C12H18BrNO2S/c13-11-7-6-10(17-11)4-3-5-12(16)14-8-1-2-9-15/h6-7,15H,1-5,8-9H2,(H,14,16). The molecule has 0 aliphatic heterocycles. The van der Waals surface area contributed by atoms with Crippen LogP contribution in [0, 0.1) is 0 Å². The largest absolute Gasteiger partial charge is 0.396 e. The molecule has 5 heteroatoms. The summed E-state index contributed by atoms with van der Waals surface area (Å²) in [5.74, 6) is 0.110. The Labute approximate surface area is 114 Å². The molecular formula is C12H18BrNO2S. The summed E-state index contributed by atoms with van der Waals surface area (Å²) >= 11 is 5.14. The second-order valence-electron chi connectivity index (χ2n) is 3.84. The highest BCUT2D eigenvalue weighted by Crippen LogP contribution is 2.23. The minimum absolute atomic E-state index is 0.110. The van der Waals surface area contributed by atoms with E-state index in [1.807, 2.05) is 6.07 Å². The Morgan fingerprint density at radius 3 is 2.82 bits per heavy atom. The van der Waals surface area contributed by atoms with Gasteiger partial charge in [0, 0.05) is 24.4 Å². The van der Waals surface area contributed by atoms with E-state index in [4.69, 9.17) is 5.11 Å². The zero-order chi connectivity index (χ0) is 12.5. The van der Waals surface area contributed by atoms with Crippen LogP contribution in [0.5, 0.6) is 0 Å². The smallest absolute Gasteiger partial charge is 0.220 e. The molecule has 0 aliphatic rings. The van der Waals surface area contributed by atoms with Crippen LogP contribution >= 0.6 is 27.3 Å². The van der Waals surface area contributed by atoms with Crippen molar-refractivity contribution in [1.29, 1.82) is 0 Å². The van der Waals surface area contributed by atoms with Crippen molar-refractivity contribution in [1.82, 2.24) is 5.32 Å². The van der Waals surface area contributed by atoms with Gasteiger partial charge in [-0.25, -0.2) is 0 Å². The van der Waals surface area contributed by atoms with Crippen LogP contribution in [0.2, 0.25) is 0 Å². The van der Waals surface area contributed by atoms with E-state index in [0.29, 0.717) is 13.0 Å². The third kappa shape index (κ3) is 6.81. The van der Waals surface area contributed by atoms with Crippen molar-refractivity contribution in [3.05, 3.63) is 20.8 Å². The number of aryl methyl sites for hydroxylation is 1. The third-order valence-electron chi connectivity index (χ3n) is 2.36. The van der Waals surface area contributed by atoms with Gasteiger partial charge in [-0.1, -0.05) is 0 Å². The summed E-state index contributed by atoms with van der Waals surface area (Å²) in [4.78, 5) is 12.7. The minimum Gasteiger partial charge on any atom is -0.396 e. The fourth-order valence-corrected chi connectivity index (χ4v) is 2.99. The first kappa shape index (κ1) is 14.7. The van der Waals surface area contributed by atoms with E-state index in [0.717, 1.165) is 29.5 Å². The highest BCUT2D eigenvalue weighted by Gasteiger charge is 2.02. The fourth-order valence-electron chi connectivity index (χ4n) is 1.46. The van der Waals surface area contributed by atoms with E-state index in [9.17, 15) is 4.79 Å². The number of hydrogen-bond acceptors (Lipinski definition) is 3.